The zero-order chi connectivity index (χ0) is 24.9. The van der Waals surface area contributed by atoms with Gasteiger partial charge in [-0.2, -0.15) is 5.26 Å². The van der Waals surface area contributed by atoms with Crippen LogP contribution >= 0.6 is 0 Å². The van der Waals surface area contributed by atoms with Gasteiger partial charge in [-0.25, -0.2) is 0 Å². The van der Waals surface area contributed by atoms with Crippen LogP contribution in [0.5, 0.6) is 5.75 Å². The van der Waals surface area contributed by atoms with E-state index in [1.54, 1.807) is 30.3 Å². The molecule has 1 N–H and O–H groups in total. The Kier molecular flexibility index (Phi) is 6.51. The molecule has 176 valence electrons. The van der Waals surface area contributed by atoms with E-state index in [-0.39, 0.29) is 5.57 Å². The van der Waals surface area contributed by atoms with Gasteiger partial charge < -0.3 is 14.6 Å². The first kappa shape index (κ1) is 22.9. The number of aromatic nitrogens is 1. The Morgan fingerprint density at radius 3 is 2.50 bits per heavy atom. The van der Waals surface area contributed by atoms with Crippen LogP contribution in [-0.2, 0) is 11.3 Å². The molecular formula is C31H25N3O2. The minimum absolute atomic E-state index is 0.0393. The Balaban J connectivity index is 1.43. The molecule has 5 aromatic rings. The number of fused-ring (bicyclic) bond motifs is 2. The maximum absolute atomic E-state index is 12.9. The Morgan fingerprint density at radius 1 is 0.972 bits per heavy atom. The molecule has 4 aromatic carbocycles. The molecule has 0 unspecified atom stereocenters. The van der Waals surface area contributed by atoms with Crippen molar-refractivity contribution in [2.45, 2.75) is 13.5 Å². The molecule has 1 amide bonds. The zero-order valence-corrected chi connectivity index (χ0v) is 19.9. The number of rotatable bonds is 7. The largest absolute Gasteiger partial charge is 0.494 e. The van der Waals surface area contributed by atoms with Gasteiger partial charge in [-0.15, -0.1) is 0 Å². The van der Waals surface area contributed by atoms with Crippen LogP contribution < -0.4 is 10.1 Å². The number of carbonyl (C=O) groups excluding carboxylic acids is 1. The minimum atomic E-state index is -0.451. The number of hydrogen-bond acceptors (Lipinski definition) is 3. The van der Waals surface area contributed by atoms with Gasteiger partial charge in [0.15, 0.2) is 0 Å². The molecule has 0 atom stereocenters. The molecule has 0 fully saturated rings. The van der Waals surface area contributed by atoms with Crippen LogP contribution in [0.25, 0.3) is 27.8 Å². The second-order valence-electron chi connectivity index (χ2n) is 8.49. The van der Waals surface area contributed by atoms with Crippen LogP contribution in [0, 0.1) is 11.3 Å². The van der Waals surface area contributed by atoms with Crippen LogP contribution in [0.3, 0.4) is 0 Å². The third-order valence-corrected chi connectivity index (χ3v) is 6.07. The van der Waals surface area contributed by atoms with Crippen molar-refractivity contribution >= 4 is 39.3 Å². The number of hydrogen-bond donors (Lipinski definition) is 1. The number of benzene rings is 4. The average Bonchev–Trinajstić information content (AvgIpc) is 3.25. The van der Waals surface area contributed by atoms with Crippen molar-refractivity contribution in [3.8, 4) is 11.8 Å². The number of nitriles is 1. The van der Waals surface area contributed by atoms with E-state index in [9.17, 15) is 10.1 Å². The summed E-state index contributed by atoms with van der Waals surface area (Å²) in [5.74, 6) is 0.277. The molecule has 5 nitrogen and oxygen atoms in total. The lowest BCUT2D eigenvalue weighted by Crippen LogP contribution is -2.13. The van der Waals surface area contributed by atoms with Crippen molar-refractivity contribution in [1.82, 2.24) is 4.57 Å². The highest BCUT2D eigenvalue weighted by atomic mass is 16.5. The second kappa shape index (κ2) is 10.2. The topological polar surface area (TPSA) is 67.0 Å². The predicted octanol–water partition coefficient (Wildman–Crippen LogP) is 6.79. The molecule has 1 aromatic heterocycles. The van der Waals surface area contributed by atoms with Crippen molar-refractivity contribution in [3.05, 3.63) is 114 Å². The van der Waals surface area contributed by atoms with Gasteiger partial charge in [0.05, 0.1) is 6.61 Å². The van der Waals surface area contributed by atoms with Crippen molar-refractivity contribution in [2.24, 2.45) is 0 Å². The van der Waals surface area contributed by atoms with Gasteiger partial charge >= 0.3 is 0 Å². The maximum Gasteiger partial charge on any atom is 0.266 e. The highest BCUT2D eigenvalue weighted by Gasteiger charge is 2.13. The second-order valence-corrected chi connectivity index (χ2v) is 8.49. The Bertz CT molecular complexity index is 1620. The lowest BCUT2D eigenvalue weighted by Gasteiger charge is -2.07. The molecule has 0 saturated heterocycles. The zero-order valence-electron chi connectivity index (χ0n) is 19.9. The minimum Gasteiger partial charge on any atom is -0.494 e. The van der Waals surface area contributed by atoms with E-state index in [0.717, 1.165) is 22.2 Å². The number of nitrogens with zero attached hydrogens (tertiary/aromatic N) is 2. The summed E-state index contributed by atoms with van der Waals surface area (Å²) in [7, 11) is 0. The molecule has 0 radical (unpaired) electrons. The van der Waals surface area contributed by atoms with Crippen LogP contribution in [0.15, 0.2) is 103 Å². The summed E-state index contributed by atoms with van der Waals surface area (Å²) < 4.78 is 7.60. The molecule has 5 heteroatoms. The lowest BCUT2D eigenvalue weighted by atomic mass is 10.1. The van der Waals surface area contributed by atoms with Gasteiger partial charge in [0.2, 0.25) is 0 Å². The Morgan fingerprint density at radius 2 is 1.72 bits per heavy atom. The molecule has 0 saturated carbocycles. The van der Waals surface area contributed by atoms with Gasteiger partial charge in [-0.1, -0.05) is 54.6 Å². The highest BCUT2D eigenvalue weighted by Crippen LogP contribution is 2.26. The molecule has 0 aliphatic rings. The van der Waals surface area contributed by atoms with Crippen molar-refractivity contribution in [2.75, 3.05) is 11.9 Å². The van der Waals surface area contributed by atoms with Gasteiger partial charge in [0.1, 0.15) is 17.4 Å². The summed E-state index contributed by atoms with van der Waals surface area (Å²) >= 11 is 0. The van der Waals surface area contributed by atoms with Crippen LogP contribution in [0.4, 0.5) is 5.69 Å². The number of nitrogens with one attached hydrogen (secondary N) is 1. The predicted molar refractivity (Wildman–Crippen MR) is 145 cm³/mol. The Hall–Kier alpha value is -4.82. The van der Waals surface area contributed by atoms with Crippen LogP contribution in [-0.4, -0.2) is 17.1 Å². The van der Waals surface area contributed by atoms with Crippen molar-refractivity contribution in [3.63, 3.8) is 0 Å². The van der Waals surface area contributed by atoms with E-state index < -0.39 is 5.91 Å². The molecule has 0 aliphatic heterocycles. The number of ether oxygens (including phenoxy) is 1. The van der Waals surface area contributed by atoms with Gasteiger partial charge in [-0.3, -0.25) is 4.79 Å². The summed E-state index contributed by atoms with van der Waals surface area (Å²) in [5.41, 5.74) is 3.69. The Labute approximate surface area is 209 Å². The summed E-state index contributed by atoms with van der Waals surface area (Å²) in [4.78, 5) is 12.9. The normalized spacial score (nSPS) is 11.4. The van der Waals surface area contributed by atoms with E-state index in [1.807, 2.05) is 43.5 Å². The molecule has 0 aliphatic carbocycles. The fourth-order valence-electron chi connectivity index (χ4n) is 4.36. The monoisotopic (exact) mass is 471 g/mol. The molecule has 1 heterocycles. The summed E-state index contributed by atoms with van der Waals surface area (Å²) in [6, 6.07) is 32.0. The SMILES string of the molecule is CCOc1ccc(NC(=O)C(C#N)=Cc2cn(Cc3ccc4ccccc4c3)c3ccccc23)cc1. The fraction of sp³-hybridized carbons (Fsp3) is 0.0968. The van der Waals surface area contributed by atoms with E-state index in [4.69, 9.17) is 4.74 Å². The van der Waals surface area contributed by atoms with E-state index in [0.29, 0.717) is 18.8 Å². The molecule has 36 heavy (non-hydrogen) atoms. The quantitative estimate of drug-likeness (QED) is 0.210. The third kappa shape index (κ3) is 4.84. The van der Waals surface area contributed by atoms with E-state index in [1.165, 1.54) is 16.3 Å². The number of anilines is 1. The van der Waals surface area contributed by atoms with Crippen molar-refractivity contribution in [1.29, 1.82) is 5.26 Å². The van der Waals surface area contributed by atoms with Crippen molar-refractivity contribution < 1.29 is 9.53 Å². The smallest absolute Gasteiger partial charge is 0.266 e. The molecule has 0 bridgehead atoms. The fourth-order valence-corrected chi connectivity index (χ4v) is 4.36. The molecular weight excluding hydrogens is 446 g/mol. The molecule has 0 spiro atoms. The first-order valence-electron chi connectivity index (χ1n) is 11.9. The molecule has 5 rings (SSSR count). The lowest BCUT2D eigenvalue weighted by molar-refractivity contribution is -0.112. The van der Waals surface area contributed by atoms with Crippen LogP contribution in [0.1, 0.15) is 18.1 Å². The van der Waals surface area contributed by atoms with E-state index in [2.05, 4.69) is 52.4 Å². The van der Waals surface area contributed by atoms with E-state index >= 15 is 0 Å². The highest BCUT2D eigenvalue weighted by molar-refractivity contribution is 6.10. The van der Waals surface area contributed by atoms with Gasteiger partial charge in [-0.05, 0) is 65.7 Å². The maximum atomic E-state index is 12.9. The first-order chi connectivity index (χ1) is 17.6. The summed E-state index contributed by atoms with van der Waals surface area (Å²) in [6.07, 6.45) is 3.66. The average molecular weight is 472 g/mol. The first-order valence-corrected chi connectivity index (χ1v) is 11.9. The van der Waals surface area contributed by atoms with Gasteiger partial charge in [0, 0.05) is 34.9 Å². The number of carbonyl (C=O) groups is 1. The number of amides is 1. The van der Waals surface area contributed by atoms with Gasteiger partial charge in [0.25, 0.3) is 5.91 Å². The summed E-state index contributed by atoms with van der Waals surface area (Å²) in [5, 5.41) is 16.0. The number of para-hydroxylation sites is 1. The summed E-state index contributed by atoms with van der Waals surface area (Å²) in [6.45, 7) is 3.17. The third-order valence-electron chi connectivity index (χ3n) is 6.07. The van der Waals surface area contributed by atoms with Crippen LogP contribution in [0.2, 0.25) is 0 Å². The standard InChI is InChI=1S/C31H25N3O2/c1-2-36-28-15-13-27(14-16-28)33-31(35)25(19-32)18-26-21-34(30-10-6-5-9-29(26)30)20-22-11-12-23-7-3-4-8-24(23)17-22/h3-18,21H,2,20H2,1H3,(H,33,35).